The number of anilines is 1. The van der Waals surface area contributed by atoms with Crippen molar-refractivity contribution < 1.29 is 14.3 Å². The summed E-state index contributed by atoms with van der Waals surface area (Å²) in [6.45, 7) is 3.42. The quantitative estimate of drug-likeness (QED) is 0.825. The third-order valence-corrected chi connectivity index (χ3v) is 2.26. The summed E-state index contributed by atoms with van der Waals surface area (Å²) in [7, 11) is 0. The van der Waals surface area contributed by atoms with Crippen LogP contribution in [0.3, 0.4) is 0 Å². The Kier molecular flexibility index (Phi) is 4.43. The lowest BCUT2D eigenvalue weighted by atomic mass is 10.1. The van der Waals surface area contributed by atoms with E-state index in [0.29, 0.717) is 12.1 Å². The average molecular weight is 225 g/mol. The maximum absolute atomic E-state index is 12.9. The first kappa shape index (κ1) is 12.6. The number of aryl methyl sites for hydroxylation is 1. The molecule has 0 bridgehead atoms. The third-order valence-electron chi connectivity index (χ3n) is 2.26. The zero-order chi connectivity index (χ0) is 12.1. The number of halogens is 1. The lowest BCUT2D eigenvalue weighted by Gasteiger charge is -2.09. The molecule has 0 aliphatic rings. The number of nitrogens with one attached hydrogen (secondary N) is 1. The van der Waals surface area contributed by atoms with Gasteiger partial charge >= 0.3 is 0 Å². The molecule has 1 rings (SSSR count). The number of aliphatic hydroxyl groups is 1. The standard InChI is InChI=1S/C12H16FNO2/c1-8-3-5-10(13)7-11(8)14-12(16)6-4-9(2)15/h3,5,7,9,15H,4,6H2,1-2H3,(H,14,16). The number of carbonyl (C=O) groups is 1. The number of rotatable bonds is 4. The Morgan fingerprint density at radius 3 is 2.88 bits per heavy atom. The van der Waals surface area contributed by atoms with E-state index in [4.69, 9.17) is 5.11 Å². The second-order valence-electron chi connectivity index (χ2n) is 3.90. The van der Waals surface area contributed by atoms with Gasteiger partial charge in [-0.1, -0.05) is 6.07 Å². The van der Waals surface area contributed by atoms with Crippen molar-refractivity contribution in [3.8, 4) is 0 Å². The van der Waals surface area contributed by atoms with Gasteiger partial charge in [-0.2, -0.15) is 0 Å². The van der Waals surface area contributed by atoms with Gasteiger partial charge < -0.3 is 10.4 Å². The zero-order valence-corrected chi connectivity index (χ0v) is 9.46. The van der Waals surface area contributed by atoms with Crippen LogP contribution in [0.2, 0.25) is 0 Å². The van der Waals surface area contributed by atoms with Gasteiger partial charge in [-0.15, -0.1) is 0 Å². The van der Waals surface area contributed by atoms with Crippen molar-refractivity contribution >= 4 is 11.6 Å². The number of hydrogen-bond acceptors (Lipinski definition) is 2. The Labute approximate surface area is 94.3 Å². The van der Waals surface area contributed by atoms with Crippen LogP contribution >= 0.6 is 0 Å². The van der Waals surface area contributed by atoms with Crippen molar-refractivity contribution in [2.24, 2.45) is 0 Å². The smallest absolute Gasteiger partial charge is 0.224 e. The highest BCUT2D eigenvalue weighted by molar-refractivity contribution is 5.91. The number of carbonyl (C=O) groups excluding carboxylic acids is 1. The van der Waals surface area contributed by atoms with Gasteiger partial charge in [-0.05, 0) is 38.0 Å². The van der Waals surface area contributed by atoms with E-state index in [1.54, 1.807) is 19.9 Å². The Morgan fingerprint density at radius 2 is 2.25 bits per heavy atom. The zero-order valence-electron chi connectivity index (χ0n) is 9.46. The Balaban J connectivity index is 2.59. The average Bonchev–Trinajstić information content (AvgIpc) is 2.20. The van der Waals surface area contributed by atoms with E-state index in [9.17, 15) is 9.18 Å². The Morgan fingerprint density at radius 1 is 1.56 bits per heavy atom. The summed E-state index contributed by atoms with van der Waals surface area (Å²) in [5.41, 5.74) is 1.29. The molecule has 0 aromatic heterocycles. The minimum Gasteiger partial charge on any atom is -0.393 e. The summed E-state index contributed by atoms with van der Waals surface area (Å²) < 4.78 is 12.9. The van der Waals surface area contributed by atoms with E-state index in [-0.39, 0.29) is 18.1 Å². The fourth-order valence-electron chi connectivity index (χ4n) is 1.28. The summed E-state index contributed by atoms with van der Waals surface area (Å²) in [6, 6.07) is 4.25. The molecule has 0 spiro atoms. The molecule has 1 amide bonds. The summed E-state index contributed by atoms with van der Waals surface area (Å²) in [6.07, 6.45) is 0.132. The van der Waals surface area contributed by atoms with Crippen molar-refractivity contribution in [3.05, 3.63) is 29.6 Å². The van der Waals surface area contributed by atoms with Gasteiger partial charge in [0.25, 0.3) is 0 Å². The number of benzene rings is 1. The topological polar surface area (TPSA) is 49.3 Å². The monoisotopic (exact) mass is 225 g/mol. The molecule has 88 valence electrons. The SMILES string of the molecule is Cc1ccc(F)cc1NC(=O)CCC(C)O. The van der Waals surface area contributed by atoms with Crippen LogP contribution < -0.4 is 5.32 Å². The van der Waals surface area contributed by atoms with Crippen LogP contribution in [-0.4, -0.2) is 17.1 Å². The fourth-order valence-corrected chi connectivity index (χ4v) is 1.28. The van der Waals surface area contributed by atoms with Crippen LogP contribution in [0.15, 0.2) is 18.2 Å². The Bertz CT molecular complexity index is 377. The van der Waals surface area contributed by atoms with Crippen molar-refractivity contribution in [2.45, 2.75) is 32.8 Å². The number of aliphatic hydroxyl groups excluding tert-OH is 1. The second kappa shape index (κ2) is 5.61. The van der Waals surface area contributed by atoms with Gasteiger partial charge in [0.05, 0.1) is 6.10 Å². The molecular formula is C12H16FNO2. The lowest BCUT2D eigenvalue weighted by Crippen LogP contribution is -2.14. The number of hydrogen-bond donors (Lipinski definition) is 2. The van der Waals surface area contributed by atoms with Crippen molar-refractivity contribution in [2.75, 3.05) is 5.32 Å². The van der Waals surface area contributed by atoms with Crippen LogP contribution in [0.4, 0.5) is 10.1 Å². The fraction of sp³-hybridized carbons (Fsp3) is 0.417. The van der Waals surface area contributed by atoms with Gasteiger partial charge in [-0.25, -0.2) is 4.39 Å². The van der Waals surface area contributed by atoms with Crippen LogP contribution in [0.1, 0.15) is 25.3 Å². The van der Waals surface area contributed by atoms with Crippen molar-refractivity contribution in [1.29, 1.82) is 0 Å². The molecule has 0 heterocycles. The van der Waals surface area contributed by atoms with Crippen LogP contribution in [-0.2, 0) is 4.79 Å². The third kappa shape index (κ3) is 3.98. The summed E-state index contributed by atoms with van der Waals surface area (Å²) >= 11 is 0. The van der Waals surface area contributed by atoms with E-state index < -0.39 is 6.10 Å². The van der Waals surface area contributed by atoms with Crippen LogP contribution in [0.5, 0.6) is 0 Å². The molecular weight excluding hydrogens is 209 g/mol. The molecule has 2 N–H and O–H groups in total. The van der Waals surface area contributed by atoms with Crippen molar-refractivity contribution in [1.82, 2.24) is 0 Å². The van der Waals surface area contributed by atoms with E-state index in [1.165, 1.54) is 12.1 Å². The van der Waals surface area contributed by atoms with Crippen LogP contribution in [0, 0.1) is 12.7 Å². The van der Waals surface area contributed by atoms with Gasteiger partial charge in [0.15, 0.2) is 0 Å². The molecule has 0 saturated carbocycles. The highest BCUT2D eigenvalue weighted by Crippen LogP contribution is 2.16. The first-order valence-corrected chi connectivity index (χ1v) is 5.23. The molecule has 1 unspecified atom stereocenters. The highest BCUT2D eigenvalue weighted by atomic mass is 19.1. The maximum atomic E-state index is 12.9. The molecule has 0 aliphatic carbocycles. The summed E-state index contributed by atoms with van der Waals surface area (Å²) in [4.78, 5) is 11.4. The molecule has 4 heteroatoms. The van der Waals surface area contributed by atoms with Gasteiger partial charge in [-0.3, -0.25) is 4.79 Å². The van der Waals surface area contributed by atoms with E-state index >= 15 is 0 Å². The van der Waals surface area contributed by atoms with Crippen molar-refractivity contribution in [3.63, 3.8) is 0 Å². The predicted octanol–water partition coefficient (Wildman–Crippen LogP) is 2.23. The predicted molar refractivity (Wildman–Crippen MR) is 60.7 cm³/mol. The molecule has 0 aliphatic heterocycles. The van der Waals surface area contributed by atoms with E-state index in [1.807, 2.05) is 0 Å². The minimum absolute atomic E-state index is 0.213. The lowest BCUT2D eigenvalue weighted by molar-refractivity contribution is -0.116. The molecule has 1 atom stereocenters. The molecule has 1 aromatic rings. The van der Waals surface area contributed by atoms with Gasteiger partial charge in [0.2, 0.25) is 5.91 Å². The highest BCUT2D eigenvalue weighted by Gasteiger charge is 2.07. The largest absolute Gasteiger partial charge is 0.393 e. The molecule has 0 fully saturated rings. The second-order valence-corrected chi connectivity index (χ2v) is 3.90. The molecule has 0 radical (unpaired) electrons. The molecule has 0 saturated heterocycles. The first-order valence-electron chi connectivity index (χ1n) is 5.23. The minimum atomic E-state index is -0.501. The number of amides is 1. The maximum Gasteiger partial charge on any atom is 0.224 e. The normalized spacial score (nSPS) is 12.2. The van der Waals surface area contributed by atoms with E-state index in [0.717, 1.165) is 5.56 Å². The Hall–Kier alpha value is -1.42. The van der Waals surface area contributed by atoms with Gasteiger partial charge in [0.1, 0.15) is 5.82 Å². The molecule has 1 aromatic carbocycles. The first-order chi connectivity index (χ1) is 7.49. The van der Waals surface area contributed by atoms with Crippen LogP contribution in [0.25, 0.3) is 0 Å². The molecule has 3 nitrogen and oxygen atoms in total. The van der Waals surface area contributed by atoms with Gasteiger partial charge in [0, 0.05) is 12.1 Å². The summed E-state index contributed by atoms with van der Waals surface area (Å²) in [5.74, 6) is -0.592. The van der Waals surface area contributed by atoms with E-state index in [2.05, 4.69) is 5.32 Å². The summed E-state index contributed by atoms with van der Waals surface area (Å²) in [5, 5.41) is 11.6. The molecule has 16 heavy (non-hydrogen) atoms.